The van der Waals surface area contributed by atoms with E-state index in [4.69, 9.17) is 0 Å². The number of unbranched alkanes of at least 4 members (excludes halogenated alkanes) is 12. The second-order valence-electron chi connectivity index (χ2n) is 29.0. The monoisotopic (exact) mass is 1280 g/mol. The molecule has 0 heterocycles. The molecule has 0 amide bonds. The number of rotatable bonds is 28. The average Bonchev–Trinajstić information content (AvgIpc) is 1.65. The second-order valence-corrected chi connectivity index (χ2v) is 29.0. The van der Waals surface area contributed by atoms with E-state index in [1.54, 1.807) is 134 Å². The molecule has 12 rings (SSSR count). The summed E-state index contributed by atoms with van der Waals surface area (Å²) in [4.78, 5) is 0. The molecule has 0 nitrogen and oxygen atoms in total. The number of hydrogen-bond acceptors (Lipinski definition) is 0. The van der Waals surface area contributed by atoms with Gasteiger partial charge in [-0.2, -0.15) is 12.8 Å². The molecule has 0 fully saturated rings. The molecule has 0 spiro atoms. The first kappa shape index (κ1) is 70.1. The van der Waals surface area contributed by atoms with Crippen LogP contribution in [0.25, 0.3) is 44.5 Å². The molecule has 4 aliphatic carbocycles. The summed E-state index contributed by atoms with van der Waals surface area (Å²) in [7, 11) is 0. The third kappa shape index (κ3) is 13.6. The number of fused-ring (bicyclic) bond motifs is 12. The molecule has 0 aromatic heterocycles. The molecule has 8 aromatic carbocycles. The summed E-state index contributed by atoms with van der Waals surface area (Å²) < 4.78 is 0. The molecule has 0 N–H and O–H groups in total. The van der Waals surface area contributed by atoms with Gasteiger partial charge in [0.25, 0.3) is 0 Å². The summed E-state index contributed by atoms with van der Waals surface area (Å²) in [5, 5.41) is 0. The second kappa shape index (κ2) is 31.9. The first-order valence-electron chi connectivity index (χ1n) is 37.4. The maximum Gasteiger partial charge on any atom is 2.00 e. The molecule has 4 aliphatic rings. The van der Waals surface area contributed by atoms with Gasteiger partial charge in [-0.3, -0.25) is 0 Å². The van der Waals surface area contributed by atoms with E-state index in [1.165, 1.54) is 160 Å². The van der Waals surface area contributed by atoms with Gasteiger partial charge in [-0.05, 0) is 298 Å². The van der Waals surface area contributed by atoms with Gasteiger partial charge < -0.3 is 13.8 Å². The van der Waals surface area contributed by atoms with Gasteiger partial charge in [0.2, 0.25) is 0 Å². The SMILES string of the molecule is [CH2-]CCCCCCCCC(c1c(C)c(C)c(CCC)c2c1Cc1ccccc1-2)c1c(C)c(C)c(CCC)c2c1Cc1ccccc1-2.[CH2-]CCCCCCCCC(c1c(C)c(C)c(CCC)c2c1Cc1ccccc1-2)c1c(C)c(C)c(CCC)c2c1Cc1ccccc1-2.[Co+2]. The molecule has 0 atom stereocenters. The van der Waals surface area contributed by atoms with Crippen molar-refractivity contribution in [2.24, 2.45) is 0 Å². The van der Waals surface area contributed by atoms with Crippen LogP contribution >= 0.6 is 0 Å². The molecule has 8 aromatic rings. The first-order chi connectivity index (χ1) is 44.8. The summed E-state index contributed by atoms with van der Waals surface area (Å²) in [5.74, 6) is 0.851. The fourth-order valence-corrected chi connectivity index (χ4v) is 18.6. The van der Waals surface area contributed by atoms with Crippen molar-refractivity contribution in [2.45, 2.75) is 275 Å². The van der Waals surface area contributed by atoms with Crippen molar-refractivity contribution in [3.8, 4) is 44.5 Å². The van der Waals surface area contributed by atoms with Crippen LogP contribution in [-0.2, 0) is 68.1 Å². The van der Waals surface area contributed by atoms with Crippen LogP contribution < -0.4 is 0 Å². The van der Waals surface area contributed by atoms with E-state index in [0.717, 1.165) is 64.2 Å². The molecule has 491 valence electrons. The van der Waals surface area contributed by atoms with Gasteiger partial charge in [-0.15, -0.1) is 0 Å². The maximum absolute atomic E-state index is 4.06. The van der Waals surface area contributed by atoms with Gasteiger partial charge in [-0.1, -0.05) is 227 Å². The summed E-state index contributed by atoms with van der Waals surface area (Å²) in [6, 6.07) is 37.2. The van der Waals surface area contributed by atoms with E-state index in [0.29, 0.717) is 11.8 Å². The van der Waals surface area contributed by atoms with Crippen LogP contribution in [0.2, 0.25) is 0 Å². The molecular formula is C92H114Co. The fraction of sp³-hybridized carbons (Fsp3) is 0.457. The minimum atomic E-state index is 0. The van der Waals surface area contributed by atoms with E-state index in [1.807, 2.05) is 0 Å². The summed E-state index contributed by atoms with van der Waals surface area (Å²) >= 11 is 0. The quantitative estimate of drug-likeness (QED) is 0.0339. The van der Waals surface area contributed by atoms with Crippen molar-refractivity contribution in [3.05, 3.63) is 244 Å². The van der Waals surface area contributed by atoms with Crippen molar-refractivity contribution in [1.29, 1.82) is 0 Å². The van der Waals surface area contributed by atoms with Crippen molar-refractivity contribution in [3.63, 3.8) is 0 Å². The largest absolute Gasteiger partial charge is 2.00 e. The molecule has 0 bridgehead atoms. The van der Waals surface area contributed by atoms with Gasteiger partial charge in [0.15, 0.2) is 0 Å². The van der Waals surface area contributed by atoms with Gasteiger partial charge in [-0.25, -0.2) is 0 Å². The maximum atomic E-state index is 4.06. The van der Waals surface area contributed by atoms with E-state index in [2.05, 4.69) is 194 Å². The fourth-order valence-electron chi connectivity index (χ4n) is 18.6. The summed E-state index contributed by atoms with van der Waals surface area (Å²) in [5.41, 5.74) is 50.6. The minimum Gasteiger partial charge on any atom is -0.343 e. The number of hydrogen-bond donors (Lipinski definition) is 0. The van der Waals surface area contributed by atoms with Crippen LogP contribution in [0, 0.1) is 69.2 Å². The van der Waals surface area contributed by atoms with Crippen LogP contribution in [0.15, 0.2) is 97.1 Å². The molecule has 0 saturated carbocycles. The Kier molecular flexibility index (Phi) is 24.0. The van der Waals surface area contributed by atoms with Crippen LogP contribution in [0.4, 0.5) is 0 Å². The third-order valence-corrected chi connectivity index (χ3v) is 23.4. The zero-order valence-corrected chi connectivity index (χ0v) is 61.0. The van der Waals surface area contributed by atoms with E-state index in [9.17, 15) is 0 Å². The van der Waals surface area contributed by atoms with Crippen molar-refractivity contribution < 1.29 is 16.8 Å². The predicted octanol–water partition coefficient (Wildman–Crippen LogP) is 26.1. The zero-order valence-electron chi connectivity index (χ0n) is 59.9. The van der Waals surface area contributed by atoms with Crippen LogP contribution in [0.5, 0.6) is 0 Å². The van der Waals surface area contributed by atoms with E-state index in [-0.39, 0.29) is 16.8 Å². The molecule has 0 saturated heterocycles. The van der Waals surface area contributed by atoms with Crippen molar-refractivity contribution in [2.75, 3.05) is 0 Å². The third-order valence-electron chi connectivity index (χ3n) is 23.4. The molecular weight excluding hydrogens is 1160 g/mol. The van der Waals surface area contributed by atoms with Crippen LogP contribution in [0.1, 0.15) is 301 Å². The molecule has 0 aliphatic heterocycles. The van der Waals surface area contributed by atoms with Crippen molar-refractivity contribution >= 4 is 0 Å². The first-order valence-corrected chi connectivity index (χ1v) is 37.4. The van der Waals surface area contributed by atoms with Gasteiger partial charge in [0.05, 0.1) is 0 Å². The number of benzene rings is 8. The predicted molar refractivity (Wildman–Crippen MR) is 401 cm³/mol. The van der Waals surface area contributed by atoms with Gasteiger partial charge in [0, 0.05) is 11.8 Å². The Balaban J connectivity index is 0.000000201. The smallest absolute Gasteiger partial charge is 0.343 e. The molecule has 93 heavy (non-hydrogen) atoms. The Bertz CT molecular complexity index is 3450. The van der Waals surface area contributed by atoms with Crippen molar-refractivity contribution in [1.82, 2.24) is 0 Å². The Morgan fingerprint density at radius 2 is 0.505 bits per heavy atom. The molecule has 1 radical (unpaired) electrons. The normalized spacial score (nSPS) is 12.7. The van der Waals surface area contributed by atoms with Crippen LogP contribution in [0.3, 0.4) is 0 Å². The standard InChI is InChI=1S/2C46H57.Co/c2*1-8-11-12-13-14-15-16-27-40(43-32(6)30(4)36(21-9-2)45-38-25-19-17-23-34(38)28-41(43)45)44-33(7)31(5)37(22-10-3)46-39-26-20-18-24-35(39)29-42(44)46;/h2*17-20,23-26,40H,1,8-16,21-22,27-29H2,2-7H3;/q2*-1;+2. The summed E-state index contributed by atoms with van der Waals surface area (Å²) in [6.07, 6.45) is 34.2. The molecule has 0 unspecified atom stereocenters. The van der Waals surface area contributed by atoms with E-state index >= 15 is 0 Å². The zero-order chi connectivity index (χ0) is 64.7. The minimum absolute atomic E-state index is 0. The Morgan fingerprint density at radius 3 is 0.731 bits per heavy atom. The average molecular weight is 1280 g/mol. The Hall–Kier alpha value is -5.73. The summed E-state index contributed by atoms with van der Waals surface area (Å²) in [6.45, 7) is 37.2. The molecule has 1 heteroatoms. The van der Waals surface area contributed by atoms with Gasteiger partial charge >= 0.3 is 16.8 Å². The van der Waals surface area contributed by atoms with E-state index < -0.39 is 0 Å². The van der Waals surface area contributed by atoms with Crippen LogP contribution in [-0.4, -0.2) is 0 Å². The Labute approximate surface area is 576 Å². The topological polar surface area (TPSA) is 0 Å². The Morgan fingerprint density at radius 1 is 0.290 bits per heavy atom. The van der Waals surface area contributed by atoms with Gasteiger partial charge in [0.1, 0.15) is 0 Å².